The van der Waals surface area contributed by atoms with Crippen LogP contribution in [0.15, 0.2) is 59.6 Å². The Morgan fingerprint density at radius 1 is 1.04 bits per heavy atom. The minimum Gasteiger partial charge on any atom is -0.396 e. The van der Waals surface area contributed by atoms with Crippen molar-refractivity contribution >= 4 is 5.96 Å². The molecule has 0 amide bonds. The predicted octanol–water partition coefficient (Wildman–Crippen LogP) is 2.36. The molecule has 2 aromatic carbocycles. The van der Waals surface area contributed by atoms with E-state index in [1.807, 2.05) is 68.4 Å². The minimum atomic E-state index is -0.610. The van der Waals surface area contributed by atoms with Crippen LogP contribution >= 0.6 is 0 Å². The van der Waals surface area contributed by atoms with Gasteiger partial charge in [-0.3, -0.25) is 4.99 Å². The number of rotatable bonds is 8. The third-order valence-electron chi connectivity index (χ3n) is 4.20. The summed E-state index contributed by atoms with van der Waals surface area (Å²) in [6.07, 6.45) is -0.610. The van der Waals surface area contributed by atoms with Gasteiger partial charge in [-0.1, -0.05) is 60.2 Å². The van der Waals surface area contributed by atoms with Crippen LogP contribution in [0.5, 0.6) is 0 Å². The van der Waals surface area contributed by atoms with Gasteiger partial charge in [0.1, 0.15) is 0 Å². The molecule has 0 radical (unpaired) electrons. The lowest BCUT2D eigenvalue weighted by molar-refractivity contribution is 0.180. The zero-order valence-electron chi connectivity index (χ0n) is 15.5. The SMILES string of the molecule is CCNC(=NCC(CO)c1ccccc1)NCC(O)c1cccc(C)c1. The molecule has 2 atom stereocenters. The van der Waals surface area contributed by atoms with E-state index in [4.69, 9.17) is 0 Å². The average Bonchev–Trinajstić information content (AvgIpc) is 2.67. The number of aliphatic hydroxyl groups is 2. The van der Waals surface area contributed by atoms with E-state index in [2.05, 4.69) is 15.6 Å². The molecule has 0 bridgehead atoms. The van der Waals surface area contributed by atoms with Crippen molar-refractivity contribution in [3.05, 3.63) is 71.3 Å². The van der Waals surface area contributed by atoms with Gasteiger partial charge >= 0.3 is 0 Å². The molecule has 0 spiro atoms. The zero-order chi connectivity index (χ0) is 18.8. The zero-order valence-corrected chi connectivity index (χ0v) is 15.5. The molecule has 26 heavy (non-hydrogen) atoms. The fourth-order valence-electron chi connectivity index (χ4n) is 2.73. The van der Waals surface area contributed by atoms with Crippen LogP contribution in [0.1, 0.15) is 35.6 Å². The lowest BCUT2D eigenvalue weighted by atomic mass is 10.0. The Balaban J connectivity index is 1.97. The molecule has 2 unspecified atom stereocenters. The number of hydrogen-bond acceptors (Lipinski definition) is 3. The summed E-state index contributed by atoms with van der Waals surface area (Å²) in [6.45, 7) is 5.60. The quantitative estimate of drug-likeness (QED) is 0.433. The van der Waals surface area contributed by atoms with Crippen LogP contribution in [0.25, 0.3) is 0 Å². The lowest BCUT2D eigenvalue weighted by Crippen LogP contribution is -2.39. The Morgan fingerprint density at radius 2 is 1.77 bits per heavy atom. The van der Waals surface area contributed by atoms with Gasteiger partial charge in [0.2, 0.25) is 0 Å². The Bertz CT molecular complexity index is 689. The smallest absolute Gasteiger partial charge is 0.191 e. The Kier molecular flexibility index (Phi) is 8.12. The second-order valence-corrected chi connectivity index (χ2v) is 6.32. The van der Waals surface area contributed by atoms with Gasteiger partial charge in [0.15, 0.2) is 5.96 Å². The first-order valence-electron chi connectivity index (χ1n) is 9.06. The summed E-state index contributed by atoms with van der Waals surface area (Å²) in [5.74, 6) is 0.585. The fourth-order valence-corrected chi connectivity index (χ4v) is 2.73. The lowest BCUT2D eigenvalue weighted by Gasteiger charge is -2.17. The molecule has 0 fully saturated rings. The number of guanidine groups is 1. The van der Waals surface area contributed by atoms with E-state index >= 15 is 0 Å². The molecule has 0 aliphatic carbocycles. The molecule has 5 nitrogen and oxygen atoms in total. The minimum absolute atomic E-state index is 0.0405. The highest BCUT2D eigenvalue weighted by molar-refractivity contribution is 5.79. The van der Waals surface area contributed by atoms with Gasteiger partial charge in [0.05, 0.1) is 19.3 Å². The van der Waals surface area contributed by atoms with Gasteiger partial charge in [-0.05, 0) is 25.0 Å². The maximum Gasteiger partial charge on any atom is 0.191 e. The van der Waals surface area contributed by atoms with E-state index in [1.165, 1.54) is 0 Å². The van der Waals surface area contributed by atoms with Crippen molar-refractivity contribution in [2.45, 2.75) is 25.9 Å². The summed E-state index contributed by atoms with van der Waals surface area (Å²) in [5.41, 5.74) is 3.07. The maximum atomic E-state index is 10.4. The van der Waals surface area contributed by atoms with Crippen LogP contribution in [0, 0.1) is 6.92 Å². The van der Waals surface area contributed by atoms with E-state index in [-0.39, 0.29) is 12.5 Å². The van der Waals surface area contributed by atoms with Crippen molar-refractivity contribution in [3.63, 3.8) is 0 Å². The van der Waals surface area contributed by atoms with Crippen LogP contribution in [-0.2, 0) is 0 Å². The van der Waals surface area contributed by atoms with Crippen LogP contribution in [0.2, 0.25) is 0 Å². The summed E-state index contributed by atoms with van der Waals surface area (Å²) in [5, 5.41) is 26.4. The van der Waals surface area contributed by atoms with Gasteiger partial charge in [-0.15, -0.1) is 0 Å². The third-order valence-corrected chi connectivity index (χ3v) is 4.20. The van der Waals surface area contributed by atoms with E-state index in [9.17, 15) is 10.2 Å². The summed E-state index contributed by atoms with van der Waals surface area (Å²) in [6, 6.07) is 17.7. The summed E-state index contributed by atoms with van der Waals surface area (Å²) < 4.78 is 0. The Labute approximate surface area is 155 Å². The van der Waals surface area contributed by atoms with E-state index in [0.29, 0.717) is 19.0 Å². The number of benzene rings is 2. The molecule has 2 aromatic rings. The van der Waals surface area contributed by atoms with E-state index in [1.54, 1.807) is 0 Å². The molecule has 4 N–H and O–H groups in total. The van der Waals surface area contributed by atoms with Gasteiger partial charge in [0.25, 0.3) is 0 Å². The molecule has 0 heterocycles. The van der Waals surface area contributed by atoms with Crippen LogP contribution < -0.4 is 10.6 Å². The second-order valence-electron chi connectivity index (χ2n) is 6.32. The Hall–Kier alpha value is -2.37. The standard InChI is InChI=1S/C21H29N3O2/c1-3-22-21(23-13-19(15-25)17-9-5-4-6-10-17)24-14-20(26)18-11-7-8-16(2)12-18/h4-12,19-20,25-26H,3,13-15H2,1-2H3,(H2,22,23,24). The first-order valence-corrected chi connectivity index (χ1v) is 9.06. The highest BCUT2D eigenvalue weighted by Gasteiger charge is 2.11. The van der Waals surface area contributed by atoms with Crippen LogP contribution in [0.3, 0.4) is 0 Å². The summed E-state index contributed by atoms with van der Waals surface area (Å²) in [7, 11) is 0. The van der Waals surface area contributed by atoms with Crippen molar-refractivity contribution in [3.8, 4) is 0 Å². The first kappa shape index (κ1) is 19.9. The molecule has 0 aliphatic heterocycles. The summed E-state index contributed by atoms with van der Waals surface area (Å²) >= 11 is 0. The number of aliphatic imine (C=N–C) groups is 1. The largest absolute Gasteiger partial charge is 0.396 e. The van der Waals surface area contributed by atoms with Crippen molar-refractivity contribution < 1.29 is 10.2 Å². The maximum absolute atomic E-state index is 10.4. The normalized spacial score (nSPS) is 13.9. The van der Waals surface area contributed by atoms with Crippen molar-refractivity contribution in [2.75, 3.05) is 26.2 Å². The fraction of sp³-hybridized carbons (Fsp3) is 0.381. The molecule has 0 saturated carbocycles. The van der Waals surface area contributed by atoms with Gasteiger partial charge in [0, 0.05) is 19.0 Å². The topological polar surface area (TPSA) is 76.9 Å². The highest BCUT2D eigenvalue weighted by atomic mass is 16.3. The molecule has 0 aromatic heterocycles. The predicted molar refractivity (Wildman–Crippen MR) is 106 cm³/mol. The number of aliphatic hydroxyl groups excluding tert-OH is 2. The first-order chi connectivity index (χ1) is 12.6. The molecular weight excluding hydrogens is 326 g/mol. The van der Waals surface area contributed by atoms with Gasteiger partial charge < -0.3 is 20.8 Å². The Morgan fingerprint density at radius 3 is 2.42 bits per heavy atom. The van der Waals surface area contributed by atoms with Crippen LogP contribution in [-0.4, -0.2) is 42.4 Å². The van der Waals surface area contributed by atoms with Gasteiger partial charge in [-0.25, -0.2) is 0 Å². The molecule has 0 aliphatic rings. The second kappa shape index (κ2) is 10.6. The molecule has 2 rings (SSSR count). The number of hydrogen-bond donors (Lipinski definition) is 4. The van der Waals surface area contributed by atoms with Crippen molar-refractivity contribution in [1.29, 1.82) is 0 Å². The molecule has 140 valence electrons. The number of nitrogens with zero attached hydrogens (tertiary/aromatic N) is 1. The third kappa shape index (κ3) is 6.17. The van der Waals surface area contributed by atoms with Crippen molar-refractivity contribution in [1.82, 2.24) is 10.6 Å². The number of aryl methyl sites for hydroxylation is 1. The number of nitrogens with one attached hydrogen (secondary N) is 2. The van der Waals surface area contributed by atoms with Crippen molar-refractivity contribution in [2.24, 2.45) is 4.99 Å². The van der Waals surface area contributed by atoms with E-state index in [0.717, 1.165) is 23.2 Å². The van der Waals surface area contributed by atoms with Gasteiger partial charge in [-0.2, -0.15) is 0 Å². The molecular formula is C21H29N3O2. The molecule has 0 saturated heterocycles. The average molecular weight is 355 g/mol. The highest BCUT2D eigenvalue weighted by Crippen LogP contribution is 2.15. The van der Waals surface area contributed by atoms with E-state index < -0.39 is 6.10 Å². The monoisotopic (exact) mass is 355 g/mol. The summed E-state index contributed by atoms with van der Waals surface area (Å²) in [4.78, 5) is 4.57. The van der Waals surface area contributed by atoms with Crippen LogP contribution in [0.4, 0.5) is 0 Å². The molecule has 5 heteroatoms.